The maximum Gasteiger partial charge on any atom is 0.198 e. The number of carbonyl (C=O) groups excluding carboxylic acids is 1. The van der Waals surface area contributed by atoms with Gasteiger partial charge in [0.25, 0.3) is 0 Å². The minimum absolute atomic E-state index is 0.0735. The highest BCUT2D eigenvalue weighted by atomic mass is 16.5. The van der Waals surface area contributed by atoms with Gasteiger partial charge in [0, 0.05) is 29.7 Å². The molecule has 5 nitrogen and oxygen atoms in total. The quantitative estimate of drug-likeness (QED) is 0.498. The number of para-hydroxylation sites is 1. The number of nitrogens with one attached hydrogen (secondary N) is 1. The summed E-state index contributed by atoms with van der Waals surface area (Å²) >= 11 is 0. The molecule has 1 aromatic heterocycles. The summed E-state index contributed by atoms with van der Waals surface area (Å²) in [6.45, 7) is 6.13. The molecule has 3 aromatic rings. The van der Waals surface area contributed by atoms with Crippen LogP contribution in [0.15, 0.2) is 53.1 Å². The van der Waals surface area contributed by atoms with E-state index in [1.54, 1.807) is 0 Å². The Kier molecular flexibility index (Phi) is 4.86. The van der Waals surface area contributed by atoms with Gasteiger partial charge in [0.2, 0.25) is 0 Å². The molecule has 3 rings (SSSR count). The summed E-state index contributed by atoms with van der Waals surface area (Å²) in [6, 6.07) is 15.1. The van der Waals surface area contributed by atoms with Crippen molar-refractivity contribution >= 4 is 22.4 Å². The smallest absolute Gasteiger partial charge is 0.198 e. The van der Waals surface area contributed by atoms with Gasteiger partial charge in [-0.05, 0) is 38.1 Å². The summed E-state index contributed by atoms with van der Waals surface area (Å²) in [5.41, 5.74) is 1.17. The standard InChI is InChI=1S/C20H22N2O3/c1-4-18(23)14-10-6-8-12-16(14)21-20(3,24-5-2)19-15-11-7-9-13-17(15)22-25-19/h6-13,21H,4-5H2,1-3H3. The van der Waals surface area contributed by atoms with Crippen LogP contribution in [0.25, 0.3) is 10.9 Å². The molecule has 0 fully saturated rings. The second-order valence-corrected chi connectivity index (χ2v) is 5.94. The zero-order chi connectivity index (χ0) is 17.9. The van der Waals surface area contributed by atoms with Crippen LogP contribution >= 0.6 is 0 Å². The Morgan fingerprint density at radius 1 is 1.16 bits per heavy atom. The van der Waals surface area contributed by atoms with Gasteiger partial charge in [-0.2, -0.15) is 0 Å². The lowest BCUT2D eigenvalue weighted by Gasteiger charge is -2.30. The number of benzene rings is 2. The Hall–Kier alpha value is -2.66. The number of carbonyl (C=O) groups is 1. The molecule has 25 heavy (non-hydrogen) atoms. The van der Waals surface area contributed by atoms with Crippen molar-refractivity contribution in [1.82, 2.24) is 5.16 Å². The molecule has 0 spiro atoms. The van der Waals surface area contributed by atoms with Crippen LogP contribution in [0.1, 0.15) is 43.3 Å². The summed E-state index contributed by atoms with van der Waals surface area (Å²) in [7, 11) is 0. The number of hydrogen-bond donors (Lipinski definition) is 1. The largest absolute Gasteiger partial charge is 0.355 e. The average molecular weight is 338 g/mol. The second kappa shape index (κ2) is 7.07. The fourth-order valence-electron chi connectivity index (χ4n) is 2.96. The minimum Gasteiger partial charge on any atom is -0.355 e. The fraction of sp³-hybridized carbons (Fsp3) is 0.300. The van der Waals surface area contributed by atoms with E-state index < -0.39 is 5.72 Å². The number of ketones is 1. The fourth-order valence-corrected chi connectivity index (χ4v) is 2.96. The van der Waals surface area contributed by atoms with E-state index in [0.717, 1.165) is 10.9 Å². The molecule has 130 valence electrons. The normalized spacial score (nSPS) is 13.6. The lowest BCUT2D eigenvalue weighted by molar-refractivity contribution is -0.0240. The first kappa shape index (κ1) is 17.2. The number of aromatic nitrogens is 1. The SMILES string of the molecule is CCOC(C)(Nc1ccccc1C(=O)CC)c1onc2ccccc12. The molecule has 0 bridgehead atoms. The van der Waals surface area contributed by atoms with E-state index in [1.165, 1.54) is 0 Å². The highest BCUT2D eigenvalue weighted by Gasteiger charge is 2.34. The van der Waals surface area contributed by atoms with Crippen LogP contribution in [-0.4, -0.2) is 17.5 Å². The molecule has 1 atom stereocenters. The molecule has 0 aliphatic rings. The minimum atomic E-state index is -0.949. The van der Waals surface area contributed by atoms with Gasteiger partial charge in [0.05, 0.1) is 0 Å². The maximum atomic E-state index is 12.3. The lowest BCUT2D eigenvalue weighted by atomic mass is 10.0. The topological polar surface area (TPSA) is 64.4 Å². The summed E-state index contributed by atoms with van der Waals surface area (Å²) in [5, 5.41) is 8.36. The van der Waals surface area contributed by atoms with Gasteiger partial charge in [0.15, 0.2) is 17.3 Å². The van der Waals surface area contributed by atoms with Crippen LogP contribution in [-0.2, 0) is 10.5 Å². The van der Waals surface area contributed by atoms with Crippen molar-refractivity contribution in [3.63, 3.8) is 0 Å². The van der Waals surface area contributed by atoms with E-state index in [-0.39, 0.29) is 5.78 Å². The third kappa shape index (κ3) is 3.28. The molecule has 0 saturated carbocycles. The van der Waals surface area contributed by atoms with Gasteiger partial charge >= 0.3 is 0 Å². The van der Waals surface area contributed by atoms with Crippen LogP contribution in [0.5, 0.6) is 0 Å². The molecule has 5 heteroatoms. The predicted octanol–water partition coefficient (Wildman–Crippen LogP) is 4.74. The summed E-state index contributed by atoms with van der Waals surface area (Å²) in [6.07, 6.45) is 0.440. The number of hydrogen-bond acceptors (Lipinski definition) is 5. The zero-order valence-electron chi connectivity index (χ0n) is 14.7. The molecule has 1 N–H and O–H groups in total. The van der Waals surface area contributed by atoms with Gasteiger partial charge < -0.3 is 14.6 Å². The molecule has 0 amide bonds. The second-order valence-electron chi connectivity index (χ2n) is 5.94. The van der Waals surface area contributed by atoms with Crippen LogP contribution in [0.4, 0.5) is 5.69 Å². The maximum absolute atomic E-state index is 12.3. The molecular weight excluding hydrogens is 316 g/mol. The van der Waals surface area contributed by atoms with Crippen molar-refractivity contribution in [1.29, 1.82) is 0 Å². The van der Waals surface area contributed by atoms with Gasteiger partial charge in [-0.15, -0.1) is 0 Å². The monoisotopic (exact) mass is 338 g/mol. The molecule has 2 aromatic carbocycles. The van der Waals surface area contributed by atoms with E-state index in [0.29, 0.717) is 30.0 Å². The van der Waals surface area contributed by atoms with Gasteiger partial charge in [0.1, 0.15) is 5.52 Å². The summed E-state index contributed by atoms with van der Waals surface area (Å²) < 4.78 is 11.6. The van der Waals surface area contributed by atoms with Crippen molar-refractivity contribution in [2.24, 2.45) is 0 Å². The molecule has 1 heterocycles. The Bertz CT molecular complexity index is 887. The van der Waals surface area contributed by atoms with E-state index >= 15 is 0 Å². The van der Waals surface area contributed by atoms with Crippen LogP contribution < -0.4 is 5.32 Å². The van der Waals surface area contributed by atoms with E-state index in [4.69, 9.17) is 9.26 Å². The van der Waals surface area contributed by atoms with E-state index in [2.05, 4.69) is 10.5 Å². The zero-order valence-corrected chi connectivity index (χ0v) is 14.7. The molecular formula is C20H22N2O3. The van der Waals surface area contributed by atoms with Crippen molar-refractivity contribution in [2.45, 2.75) is 32.9 Å². The Morgan fingerprint density at radius 3 is 2.64 bits per heavy atom. The average Bonchev–Trinajstić information content (AvgIpc) is 3.06. The molecule has 0 aliphatic heterocycles. The Labute approximate surface area is 147 Å². The van der Waals surface area contributed by atoms with Crippen molar-refractivity contribution in [3.8, 4) is 0 Å². The highest BCUT2D eigenvalue weighted by molar-refractivity contribution is 6.01. The number of nitrogens with zero attached hydrogens (tertiary/aromatic N) is 1. The van der Waals surface area contributed by atoms with E-state index in [1.807, 2.05) is 69.3 Å². The van der Waals surface area contributed by atoms with Crippen LogP contribution in [0.2, 0.25) is 0 Å². The van der Waals surface area contributed by atoms with Gasteiger partial charge in [-0.1, -0.05) is 36.3 Å². The van der Waals surface area contributed by atoms with Gasteiger partial charge in [-0.3, -0.25) is 4.79 Å². The van der Waals surface area contributed by atoms with Crippen LogP contribution in [0, 0.1) is 0 Å². The molecule has 0 aliphatic carbocycles. The summed E-state index contributed by atoms with van der Waals surface area (Å²) in [4.78, 5) is 12.3. The van der Waals surface area contributed by atoms with Gasteiger partial charge in [-0.25, -0.2) is 0 Å². The molecule has 0 radical (unpaired) electrons. The van der Waals surface area contributed by atoms with E-state index in [9.17, 15) is 4.79 Å². The molecule has 0 saturated heterocycles. The van der Waals surface area contributed by atoms with Crippen molar-refractivity contribution in [2.75, 3.05) is 11.9 Å². The predicted molar refractivity (Wildman–Crippen MR) is 97.7 cm³/mol. The Morgan fingerprint density at radius 2 is 1.88 bits per heavy atom. The highest BCUT2D eigenvalue weighted by Crippen LogP contribution is 2.34. The van der Waals surface area contributed by atoms with Crippen molar-refractivity contribution < 1.29 is 14.1 Å². The lowest BCUT2D eigenvalue weighted by Crippen LogP contribution is -2.35. The number of anilines is 1. The van der Waals surface area contributed by atoms with Crippen LogP contribution in [0.3, 0.4) is 0 Å². The first-order valence-electron chi connectivity index (χ1n) is 8.48. The number of rotatable bonds is 7. The number of Topliss-reactive ketones (excluding diaryl/α,β-unsaturated/α-hetero) is 1. The number of fused-ring (bicyclic) bond motifs is 1. The first-order chi connectivity index (χ1) is 12.1. The third-order valence-electron chi connectivity index (χ3n) is 4.17. The number of ether oxygens (including phenoxy) is 1. The molecule has 1 unspecified atom stereocenters. The first-order valence-corrected chi connectivity index (χ1v) is 8.48. The third-order valence-corrected chi connectivity index (χ3v) is 4.17. The summed E-state index contributed by atoms with van der Waals surface area (Å²) in [5.74, 6) is 0.660. The Balaban J connectivity index is 2.06. The van der Waals surface area contributed by atoms with Crippen molar-refractivity contribution in [3.05, 3.63) is 59.9 Å².